The lowest BCUT2D eigenvalue weighted by molar-refractivity contribution is -0.403. The first kappa shape index (κ1) is 10.3. The molecule has 0 unspecified atom stereocenters. The van der Waals surface area contributed by atoms with Crippen LogP contribution < -0.4 is 4.74 Å². The normalized spacial score (nSPS) is 14.5. The monoisotopic (exact) mass is 225 g/mol. The van der Waals surface area contributed by atoms with Crippen LogP contribution in [0.3, 0.4) is 0 Å². The van der Waals surface area contributed by atoms with Crippen molar-refractivity contribution >= 4 is 11.6 Å². The molecular formula is C8H7N3O5. The second-order valence-corrected chi connectivity index (χ2v) is 3.32. The minimum atomic E-state index is -0.787. The second kappa shape index (κ2) is 3.72. The molecule has 0 amide bonds. The number of ether oxygens (including phenoxy) is 1. The van der Waals surface area contributed by atoms with E-state index in [0.29, 0.717) is 0 Å². The fourth-order valence-electron chi connectivity index (χ4n) is 1.12. The van der Waals surface area contributed by atoms with Crippen LogP contribution >= 0.6 is 0 Å². The maximum atomic E-state index is 10.6. The first-order chi connectivity index (χ1) is 7.58. The summed E-state index contributed by atoms with van der Waals surface area (Å²) in [5.41, 5.74) is 0. The van der Waals surface area contributed by atoms with E-state index in [1.807, 2.05) is 0 Å². The Labute approximate surface area is 89.2 Å². The molecule has 1 fully saturated rings. The van der Waals surface area contributed by atoms with Crippen LogP contribution in [0.1, 0.15) is 12.8 Å². The third kappa shape index (κ3) is 2.05. The van der Waals surface area contributed by atoms with E-state index in [0.717, 1.165) is 18.9 Å². The van der Waals surface area contributed by atoms with Gasteiger partial charge in [0.1, 0.15) is 0 Å². The number of hydrogen-bond donors (Lipinski definition) is 0. The molecule has 0 bridgehead atoms. The molecule has 0 spiro atoms. The molecule has 1 aliphatic carbocycles. The summed E-state index contributed by atoms with van der Waals surface area (Å²) in [6.45, 7) is 0. The SMILES string of the molecule is O=[N+]([O-])c1ccc(OC2CC2)c([N+](=O)[O-])n1. The summed E-state index contributed by atoms with van der Waals surface area (Å²) in [5, 5.41) is 21.0. The van der Waals surface area contributed by atoms with E-state index in [-0.39, 0.29) is 11.9 Å². The first-order valence-electron chi connectivity index (χ1n) is 4.54. The number of rotatable bonds is 4. The lowest BCUT2D eigenvalue weighted by Crippen LogP contribution is -2.03. The summed E-state index contributed by atoms with van der Waals surface area (Å²) in [7, 11) is 0. The van der Waals surface area contributed by atoms with Crippen LogP contribution in [0, 0.1) is 20.2 Å². The van der Waals surface area contributed by atoms with Gasteiger partial charge in [0.05, 0.1) is 6.10 Å². The van der Waals surface area contributed by atoms with Crippen molar-refractivity contribution in [1.82, 2.24) is 4.98 Å². The summed E-state index contributed by atoms with van der Waals surface area (Å²) in [6, 6.07) is 2.30. The van der Waals surface area contributed by atoms with Gasteiger partial charge in [-0.1, -0.05) is 0 Å². The Balaban J connectivity index is 2.35. The van der Waals surface area contributed by atoms with Crippen molar-refractivity contribution in [2.75, 3.05) is 0 Å². The molecule has 0 aliphatic heterocycles. The molecule has 0 radical (unpaired) electrons. The fourth-order valence-corrected chi connectivity index (χ4v) is 1.12. The number of nitro groups is 2. The quantitative estimate of drug-likeness (QED) is 0.566. The number of aromatic nitrogens is 1. The zero-order chi connectivity index (χ0) is 11.7. The zero-order valence-electron chi connectivity index (χ0n) is 8.03. The summed E-state index contributed by atoms with van der Waals surface area (Å²) in [6.07, 6.45) is 1.66. The van der Waals surface area contributed by atoms with Crippen LogP contribution in [0.15, 0.2) is 12.1 Å². The molecule has 1 aromatic heterocycles. The molecule has 0 atom stereocenters. The van der Waals surface area contributed by atoms with Gasteiger partial charge >= 0.3 is 11.6 Å². The van der Waals surface area contributed by atoms with Gasteiger partial charge in [-0.25, -0.2) is 0 Å². The highest BCUT2D eigenvalue weighted by Gasteiger charge is 2.29. The zero-order valence-corrected chi connectivity index (χ0v) is 8.03. The van der Waals surface area contributed by atoms with Crippen molar-refractivity contribution in [2.45, 2.75) is 18.9 Å². The van der Waals surface area contributed by atoms with Crippen molar-refractivity contribution in [2.24, 2.45) is 0 Å². The Morgan fingerprint density at radius 2 is 1.94 bits per heavy atom. The van der Waals surface area contributed by atoms with Gasteiger partial charge in [0.2, 0.25) is 5.75 Å². The molecule has 16 heavy (non-hydrogen) atoms. The van der Waals surface area contributed by atoms with Crippen molar-refractivity contribution < 1.29 is 14.6 Å². The van der Waals surface area contributed by atoms with Gasteiger partial charge < -0.3 is 25.0 Å². The Kier molecular flexibility index (Phi) is 2.39. The maximum Gasteiger partial charge on any atom is 0.410 e. The highest BCUT2D eigenvalue weighted by molar-refractivity contribution is 5.44. The van der Waals surface area contributed by atoms with Crippen LogP contribution in [0.2, 0.25) is 0 Å². The van der Waals surface area contributed by atoms with E-state index in [1.54, 1.807) is 0 Å². The lowest BCUT2D eigenvalue weighted by Gasteiger charge is -2.04. The van der Waals surface area contributed by atoms with Gasteiger partial charge in [0.15, 0.2) is 0 Å². The van der Waals surface area contributed by atoms with E-state index < -0.39 is 21.5 Å². The van der Waals surface area contributed by atoms with Gasteiger partial charge in [0, 0.05) is 11.1 Å². The highest BCUT2D eigenvalue weighted by atomic mass is 16.6. The summed E-state index contributed by atoms with van der Waals surface area (Å²) in [4.78, 5) is 22.8. The van der Waals surface area contributed by atoms with Crippen molar-refractivity contribution in [1.29, 1.82) is 0 Å². The van der Waals surface area contributed by atoms with Gasteiger partial charge in [-0.15, -0.1) is 0 Å². The minimum absolute atomic E-state index is 0.0156. The van der Waals surface area contributed by atoms with E-state index in [1.165, 1.54) is 6.07 Å². The van der Waals surface area contributed by atoms with Crippen LogP contribution in [-0.2, 0) is 0 Å². The average molecular weight is 225 g/mol. The Morgan fingerprint density at radius 1 is 1.25 bits per heavy atom. The Hall–Kier alpha value is -2.25. The molecule has 2 rings (SSSR count). The molecule has 1 aliphatic rings. The van der Waals surface area contributed by atoms with Crippen LogP contribution in [0.4, 0.5) is 11.6 Å². The molecule has 0 aromatic carbocycles. The van der Waals surface area contributed by atoms with E-state index >= 15 is 0 Å². The highest BCUT2D eigenvalue weighted by Crippen LogP contribution is 2.33. The molecule has 8 nitrogen and oxygen atoms in total. The van der Waals surface area contributed by atoms with Crippen LogP contribution in [0.25, 0.3) is 0 Å². The van der Waals surface area contributed by atoms with Gasteiger partial charge in [-0.2, -0.15) is 0 Å². The molecule has 8 heteroatoms. The smallest absolute Gasteiger partial charge is 0.410 e. The Morgan fingerprint density at radius 3 is 2.44 bits per heavy atom. The van der Waals surface area contributed by atoms with Gasteiger partial charge in [-0.05, 0) is 28.8 Å². The molecule has 0 saturated heterocycles. The second-order valence-electron chi connectivity index (χ2n) is 3.32. The van der Waals surface area contributed by atoms with E-state index in [9.17, 15) is 20.2 Å². The molecule has 1 aromatic rings. The lowest BCUT2D eigenvalue weighted by atomic mass is 10.4. The maximum absolute atomic E-state index is 10.6. The third-order valence-electron chi connectivity index (χ3n) is 2.00. The molecule has 0 N–H and O–H groups in total. The summed E-state index contributed by atoms with van der Waals surface area (Å²) >= 11 is 0. The predicted molar refractivity (Wildman–Crippen MR) is 51.2 cm³/mol. The average Bonchev–Trinajstić information content (AvgIpc) is 3.01. The Bertz CT molecular complexity index is 457. The van der Waals surface area contributed by atoms with Gasteiger partial charge in [-0.3, -0.25) is 0 Å². The van der Waals surface area contributed by atoms with Crippen LogP contribution in [0.5, 0.6) is 5.75 Å². The molecule has 84 valence electrons. The number of hydrogen-bond acceptors (Lipinski definition) is 6. The molecule has 1 saturated carbocycles. The van der Waals surface area contributed by atoms with E-state index in [4.69, 9.17) is 4.74 Å². The third-order valence-corrected chi connectivity index (χ3v) is 2.00. The first-order valence-corrected chi connectivity index (χ1v) is 4.54. The fraction of sp³-hybridized carbons (Fsp3) is 0.375. The predicted octanol–water partition coefficient (Wildman–Crippen LogP) is 1.44. The summed E-state index contributed by atoms with van der Waals surface area (Å²) < 4.78 is 5.23. The van der Waals surface area contributed by atoms with Crippen LogP contribution in [-0.4, -0.2) is 20.9 Å². The number of pyridine rings is 1. The standard InChI is InChI=1S/C8H7N3O5/c12-10(13)7-4-3-6(16-5-1-2-5)8(9-7)11(14)15/h3-5H,1-2H2. The van der Waals surface area contributed by atoms with Gasteiger partial charge in [0.25, 0.3) is 0 Å². The molecular weight excluding hydrogens is 218 g/mol. The van der Waals surface area contributed by atoms with E-state index in [2.05, 4.69) is 4.98 Å². The summed E-state index contributed by atoms with van der Waals surface area (Å²) in [5.74, 6) is -1.19. The van der Waals surface area contributed by atoms with Crippen molar-refractivity contribution in [3.05, 3.63) is 32.4 Å². The largest absolute Gasteiger partial charge is 0.482 e. The van der Waals surface area contributed by atoms with Crippen molar-refractivity contribution in [3.63, 3.8) is 0 Å². The molecule has 1 heterocycles. The minimum Gasteiger partial charge on any atom is -0.482 e. The topological polar surface area (TPSA) is 108 Å². The van der Waals surface area contributed by atoms with Crippen molar-refractivity contribution in [3.8, 4) is 5.75 Å². The number of nitrogens with zero attached hydrogens (tertiary/aromatic N) is 3.